The van der Waals surface area contributed by atoms with E-state index < -0.39 is 0 Å². The van der Waals surface area contributed by atoms with Gasteiger partial charge in [-0.1, -0.05) is 17.8 Å². The second kappa shape index (κ2) is 1.65. The SMILES string of the molecule is F[C]1CC=CS1. The molecule has 0 unspecified atom stereocenters. The molecule has 0 saturated carbocycles. The number of hydrogen-bond acceptors (Lipinski definition) is 1. The van der Waals surface area contributed by atoms with Crippen LogP contribution in [-0.4, -0.2) is 0 Å². The molecule has 0 atom stereocenters. The van der Waals surface area contributed by atoms with Gasteiger partial charge in [-0.2, -0.15) is 0 Å². The summed E-state index contributed by atoms with van der Waals surface area (Å²) >= 11 is 1.17. The number of thioether (sulfide) groups is 1. The molecular formula is C4H4FS. The Morgan fingerprint density at radius 3 is 2.83 bits per heavy atom. The predicted molar refractivity (Wildman–Crippen MR) is 25.7 cm³/mol. The average molecular weight is 103 g/mol. The van der Waals surface area contributed by atoms with Crippen LogP contribution >= 0.6 is 11.8 Å². The Morgan fingerprint density at radius 1 is 1.83 bits per heavy atom. The molecule has 1 aliphatic rings. The molecule has 1 aliphatic heterocycles. The minimum Gasteiger partial charge on any atom is -0.227 e. The van der Waals surface area contributed by atoms with Gasteiger partial charge in [0.05, 0.1) is 0 Å². The van der Waals surface area contributed by atoms with Crippen LogP contribution in [-0.2, 0) is 0 Å². The molecule has 33 valence electrons. The van der Waals surface area contributed by atoms with Crippen LogP contribution in [0.1, 0.15) is 6.42 Å². The predicted octanol–water partition coefficient (Wildman–Crippen LogP) is 2.10. The van der Waals surface area contributed by atoms with Crippen molar-refractivity contribution >= 4 is 11.8 Å². The highest BCUT2D eigenvalue weighted by molar-refractivity contribution is 8.04. The zero-order chi connectivity index (χ0) is 4.41. The number of rotatable bonds is 0. The molecular weight excluding hydrogens is 99.1 g/mol. The maximum absolute atomic E-state index is 11.7. The lowest BCUT2D eigenvalue weighted by Gasteiger charge is -1.84. The fourth-order valence-corrected chi connectivity index (χ4v) is 0.843. The Labute approximate surface area is 40.4 Å². The third-order valence-electron chi connectivity index (χ3n) is 0.570. The molecule has 0 aromatic carbocycles. The maximum Gasteiger partial charge on any atom is 0.207 e. The van der Waals surface area contributed by atoms with E-state index in [4.69, 9.17) is 0 Å². The van der Waals surface area contributed by atoms with Gasteiger partial charge in [0.1, 0.15) is 0 Å². The Balaban J connectivity index is 2.32. The van der Waals surface area contributed by atoms with Crippen molar-refractivity contribution < 1.29 is 4.39 Å². The van der Waals surface area contributed by atoms with Gasteiger partial charge >= 0.3 is 0 Å². The second-order valence-corrected chi connectivity index (χ2v) is 2.00. The third kappa shape index (κ3) is 0.744. The van der Waals surface area contributed by atoms with Crippen molar-refractivity contribution in [2.75, 3.05) is 0 Å². The van der Waals surface area contributed by atoms with E-state index in [2.05, 4.69) is 0 Å². The van der Waals surface area contributed by atoms with Gasteiger partial charge in [-0.3, -0.25) is 0 Å². The molecule has 0 fully saturated rings. The van der Waals surface area contributed by atoms with Gasteiger partial charge < -0.3 is 0 Å². The lowest BCUT2D eigenvalue weighted by atomic mass is 10.5. The highest BCUT2D eigenvalue weighted by atomic mass is 32.2. The average Bonchev–Trinajstić information content (AvgIpc) is 1.86. The maximum atomic E-state index is 11.7. The zero-order valence-corrected chi connectivity index (χ0v) is 3.96. The third-order valence-corrected chi connectivity index (χ3v) is 1.32. The molecule has 2 heteroatoms. The summed E-state index contributed by atoms with van der Waals surface area (Å²) < 4.78 is 11.7. The summed E-state index contributed by atoms with van der Waals surface area (Å²) in [5.74, 6) is 0. The van der Waals surface area contributed by atoms with Gasteiger partial charge in [0.25, 0.3) is 0 Å². The van der Waals surface area contributed by atoms with Gasteiger partial charge in [0, 0.05) is 6.42 Å². The van der Waals surface area contributed by atoms with Crippen molar-refractivity contribution in [2.45, 2.75) is 6.42 Å². The van der Waals surface area contributed by atoms with Crippen molar-refractivity contribution in [1.82, 2.24) is 0 Å². The van der Waals surface area contributed by atoms with Crippen molar-refractivity contribution in [3.8, 4) is 0 Å². The lowest BCUT2D eigenvalue weighted by molar-refractivity contribution is 0.579. The molecule has 0 aliphatic carbocycles. The molecule has 1 heterocycles. The molecule has 0 nitrogen and oxygen atoms in total. The van der Waals surface area contributed by atoms with Crippen molar-refractivity contribution in [1.29, 1.82) is 0 Å². The largest absolute Gasteiger partial charge is 0.227 e. The van der Waals surface area contributed by atoms with Crippen LogP contribution in [0.2, 0.25) is 0 Å². The summed E-state index contributed by atoms with van der Waals surface area (Å²) in [4.78, 5) is 0. The normalized spacial score (nSPS) is 22.8. The van der Waals surface area contributed by atoms with Crippen LogP contribution in [0, 0.1) is 5.50 Å². The first-order chi connectivity index (χ1) is 2.89. The Hall–Kier alpha value is 0.0200. The number of hydrogen-bond donors (Lipinski definition) is 0. The van der Waals surface area contributed by atoms with E-state index in [1.54, 1.807) is 11.5 Å². The molecule has 0 amide bonds. The van der Waals surface area contributed by atoms with Crippen LogP contribution in [0.15, 0.2) is 11.5 Å². The molecule has 1 radical (unpaired) electrons. The highest BCUT2D eigenvalue weighted by Gasteiger charge is 2.07. The summed E-state index contributed by atoms with van der Waals surface area (Å²) in [6.45, 7) is 0. The van der Waals surface area contributed by atoms with Gasteiger partial charge in [0.15, 0.2) is 0 Å². The molecule has 0 spiro atoms. The molecule has 0 aromatic rings. The van der Waals surface area contributed by atoms with E-state index in [0.717, 1.165) is 0 Å². The van der Waals surface area contributed by atoms with Gasteiger partial charge in [0.2, 0.25) is 5.50 Å². The molecule has 0 saturated heterocycles. The summed E-state index contributed by atoms with van der Waals surface area (Å²) in [5.41, 5.74) is 0.00926. The Morgan fingerprint density at radius 2 is 2.67 bits per heavy atom. The smallest absolute Gasteiger partial charge is 0.207 e. The van der Waals surface area contributed by atoms with Crippen LogP contribution in [0.3, 0.4) is 0 Å². The van der Waals surface area contributed by atoms with E-state index in [0.29, 0.717) is 6.42 Å². The van der Waals surface area contributed by atoms with Crippen LogP contribution in [0.5, 0.6) is 0 Å². The summed E-state index contributed by atoms with van der Waals surface area (Å²) in [7, 11) is 0. The quantitative estimate of drug-likeness (QED) is 0.452. The van der Waals surface area contributed by atoms with Crippen LogP contribution in [0.4, 0.5) is 4.39 Å². The topological polar surface area (TPSA) is 0 Å². The van der Waals surface area contributed by atoms with E-state index in [9.17, 15) is 4.39 Å². The monoisotopic (exact) mass is 103 g/mol. The molecule has 0 N–H and O–H groups in total. The summed E-state index contributed by atoms with van der Waals surface area (Å²) in [6.07, 6.45) is 2.32. The van der Waals surface area contributed by atoms with Gasteiger partial charge in [-0.25, -0.2) is 4.39 Å². The van der Waals surface area contributed by atoms with E-state index in [1.807, 2.05) is 0 Å². The molecule has 0 aromatic heterocycles. The molecule has 0 bridgehead atoms. The van der Waals surface area contributed by atoms with Gasteiger partial charge in [-0.15, -0.1) is 0 Å². The number of allylic oxidation sites excluding steroid dienone is 1. The first kappa shape index (κ1) is 4.19. The summed E-state index contributed by atoms with van der Waals surface area (Å²) in [6, 6.07) is 0. The van der Waals surface area contributed by atoms with Gasteiger partial charge in [-0.05, 0) is 5.41 Å². The van der Waals surface area contributed by atoms with E-state index in [-0.39, 0.29) is 5.50 Å². The second-order valence-electron chi connectivity index (χ2n) is 1.05. The first-order valence-electron chi connectivity index (χ1n) is 1.72. The standard InChI is InChI=1S/C4H4FS/c5-4-2-1-3-6-4/h1,3H,2H2. The minimum atomic E-state index is 0.00926. The highest BCUT2D eigenvalue weighted by Crippen LogP contribution is 2.31. The van der Waals surface area contributed by atoms with Crippen molar-refractivity contribution in [3.63, 3.8) is 0 Å². The van der Waals surface area contributed by atoms with E-state index in [1.165, 1.54) is 11.8 Å². The Kier molecular flexibility index (Phi) is 1.15. The Bertz CT molecular complexity index is 61.9. The summed E-state index contributed by atoms with van der Waals surface area (Å²) in [5, 5.41) is 1.76. The van der Waals surface area contributed by atoms with Crippen LogP contribution in [0.25, 0.3) is 0 Å². The lowest BCUT2D eigenvalue weighted by Crippen LogP contribution is -1.65. The number of halogens is 1. The van der Waals surface area contributed by atoms with Crippen LogP contribution < -0.4 is 0 Å². The minimum absolute atomic E-state index is 0.00926. The fourth-order valence-electron chi connectivity index (χ4n) is 0.311. The molecule has 1 rings (SSSR count). The first-order valence-corrected chi connectivity index (χ1v) is 2.60. The zero-order valence-electron chi connectivity index (χ0n) is 3.15. The molecule has 6 heavy (non-hydrogen) atoms. The van der Waals surface area contributed by atoms with Crippen molar-refractivity contribution in [2.24, 2.45) is 0 Å². The van der Waals surface area contributed by atoms with Crippen molar-refractivity contribution in [3.05, 3.63) is 17.0 Å². The fraction of sp³-hybridized carbons (Fsp3) is 0.250. The van der Waals surface area contributed by atoms with E-state index >= 15 is 0 Å².